The molecule has 0 aliphatic rings. The summed E-state index contributed by atoms with van der Waals surface area (Å²) in [7, 11) is 1.82. The molecule has 0 radical (unpaired) electrons. The summed E-state index contributed by atoms with van der Waals surface area (Å²) in [4.78, 5) is 16.5. The molecule has 0 fully saturated rings. The highest BCUT2D eigenvalue weighted by atomic mass is 16.4. The molecule has 1 rings (SSSR count). The number of anilines is 1. The van der Waals surface area contributed by atoms with E-state index in [9.17, 15) is 4.79 Å². The molecule has 1 N–H and O–H groups in total. The first-order chi connectivity index (χ1) is 8.15. The van der Waals surface area contributed by atoms with Crippen LogP contribution < -0.4 is 4.90 Å². The molecule has 5 nitrogen and oxygen atoms in total. The Morgan fingerprint density at radius 2 is 2.47 bits per heavy atom. The van der Waals surface area contributed by atoms with Crippen LogP contribution in [0.3, 0.4) is 0 Å². The van der Waals surface area contributed by atoms with Crippen molar-refractivity contribution in [1.82, 2.24) is 4.98 Å². The highest BCUT2D eigenvalue weighted by Crippen LogP contribution is 2.17. The van der Waals surface area contributed by atoms with E-state index in [0.717, 1.165) is 11.6 Å². The monoisotopic (exact) mass is 231 g/mol. The molecule has 0 aliphatic heterocycles. The molecule has 0 aromatic carbocycles. The van der Waals surface area contributed by atoms with Crippen molar-refractivity contribution in [2.24, 2.45) is 0 Å². The van der Waals surface area contributed by atoms with Gasteiger partial charge in [0, 0.05) is 31.4 Å². The number of hydrogen-bond acceptors (Lipinski definition) is 4. The minimum Gasteiger partial charge on any atom is -0.478 e. The normalized spacial score (nSPS) is 10.1. The largest absolute Gasteiger partial charge is 0.478 e. The Hall–Kier alpha value is -2.35. The second-order valence-electron chi connectivity index (χ2n) is 3.42. The number of aromatic nitrogens is 1. The van der Waals surface area contributed by atoms with Crippen LogP contribution in [0.1, 0.15) is 12.0 Å². The number of carboxylic acid groups (broad SMARTS) is 1. The van der Waals surface area contributed by atoms with E-state index >= 15 is 0 Å². The number of nitrogens with zero attached hydrogens (tertiary/aromatic N) is 3. The fraction of sp³-hybridized carbons (Fsp3) is 0.250. The predicted molar refractivity (Wildman–Crippen MR) is 64.4 cm³/mol. The quantitative estimate of drug-likeness (QED) is 0.777. The van der Waals surface area contributed by atoms with Crippen LogP contribution in [0.2, 0.25) is 0 Å². The maximum Gasteiger partial charge on any atom is 0.328 e. The third kappa shape index (κ3) is 3.95. The first kappa shape index (κ1) is 12.7. The number of nitriles is 1. The number of carboxylic acids is 1. The van der Waals surface area contributed by atoms with E-state index in [2.05, 4.69) is 11.1 Å². The molecule has 88 valence electrons. The summed E-state index contributed by atoms with van der Waals surface area (Å²) in [5, 5.41) is 17.1. The van der Waals surface area contributed by atoms with Crippen LogP contribution in [-0.2, 0) is 4.79 Å². The Morgan fingerprint density at radius 3 is 3.12 bits per heavy atom. The van der Waals surface area contributed by atoms with E-state index in [4.69, 9.17) is 10.4 Å². The van der Waals surface area contributed by atoms with E-state index < -0.39 is 5.97 Å². The van der Waals surface area contributed by atoms with E-state index in [1.165, 1.54) is 6.08 Å². The smallest absolute Gasteiger partial charge is 0.328 e. The topological polar surface area (TPSA) is 77.2 Å². The average Bonchev–Trinajstić information content (AvgIpc) is 2.33. The van der Waals surface area contributed by atoms with Crippen LogP contribution in [0.15, 0.2) is 24.4 Å². The van der Waals surface area contributed by atoms with Gasteiger partial charge in [0.1, 0.15) is 5.82 Å². The summed E-state index contributed by atoms with van der Waals surface area (Å²) in [6.45, 7) is 0.557. The summed E-state index contributed by atoms with van der Waals surface area (Å²) >= 11 is 0. The number of carbonyl (C=O) groups is 1. The lowest BCUT2D eigenvalue weighted by molar-refractivity contribution is -0.131. The van der Waals surface area contributed by atoms with Crippen molar-refractivity contribution >= 4 is 17.9 Å². The Kier molecular flexibility index (Phi) is 4.70. The van der Waals surface area contributed by atoms with Crippen molar-refractivity contribution in [3.05, 3.63) is 30.0 Å². The summed E-state index contributed by atoms with van der Waals surface area (Å²) in [6.07, 6.45) is 4.59. The summed E-state index contributed by atoms with van der Waals surface area (Å²) in [6, 6.07) is 5.58. The highest BCUT2D eigenvalue weighted by molar-refractivity contribution is 5.86. The minimum absolute atomic E-state index is 0.398. The zero-order chi connectivity index (χ0) is 12.7. The Balaban J connectivity index is 2.91. The molecule has 0 bridgehead atoms. The van der Waals surface area contributed by atoms with Crippen LogP contribution in [0.25, 0.3) is 6.08 Å². The SMILES string of the molecule is CN(CCC#N)c1ncccc1/C=C/C(=O)O. The second-order valence-corrected chi connectivity index (χ2v) is 3.42. The zero-order valence-electron chi connectivity index (χ0n) is 9.50. The van der Waals surface area contributed by atoms with Gasteiger partial charge in [-0.2, -0.15) is 5.26 Å². The van der Waals surface area contributed by atoms with Crippen molar-refractivity contribution in [1.29, 1.82) is 5.26 Å². The molecular weight excluding hydrogens is 218 g/mol. The van der Waals surface area contributed by atoms with E-state index in [0.29, 0.717) is 18.8 Å². The molecule has 0 atom stereocenters. The van der Waals surface area contributed by atoms with Gasteiger partial charge in [-0.25, -0.2) is 9.78 Å². The molecule has 17 heavy (non-hydrogen) atoms. The molecule has 0 saturated carbocycles. The Bertz CT molecular complexity index is 463. The van der Waals surface area contributed by atoms with Crippen LogP contribution >= 0.6 is 0 Å². The lowest BCUT2D eigenvalue weighted by Gasteiger charge is -2.18. The molecule has 1 aromatic heterocycles. The predicted octanol–water partition coefficient (Wildman–Crippen LogP) is 1.53. The van der Waals surface area contributed by atoms with Gasteiger partial charge in [-0.05, 0) is 18.2 Å². The van der Waals surface area contributed by atoms with Gasteiger partial charge in [0.15, 0.2) is 0 Å². The van der Waals surface area contributed by atoms with Crippen molar-refractivity contribution in [3.8, 4) is 6.07 Å². The van der Waals surface area contributed by atoms with Crippen molar-refractivity contribution in [2.75, 3.05) is 18.5 Å². The van der Waals surface area contributed by atoms with E-state index in [1.54, 1.807) is 18.3 Å². The van der Waals surface area contributed by atoms with Crippen molar-refractivity contribution in [3.63, 3.8) is 0 Å². The van der Waals surface area contributed by atoms with Crippen molar-refractivity contribution < 1.29 is 9.90 Å². The Labute approximate surface area is 99.6 Å². The maximum absolute atomic E-state index is 10.5. The van der Waals surface area contributed by atoms with Gasteiger partial charge >= 0.3 is 5.97 Å². The van der Waals surface area contributed by atoms with Crippen LogP contribution in [-0.4, -0.2) is 29.7 Å². The number of hydrogen-bond donors (Lipinski definition) is 1. The summed E-state index contributed by atoms with van der Waals surface area (Å²) in [5.74, 6) is -0.334. The van der Waals surface area contributed by atoms with Crippen molar-refractivity contribution in [2.45, 2.75) is 6.42 Å². The molecule has 0 amide bonds. The third-order valence-corrected chi connectivity index (χ3v) is 2.14. The molecule has 1 heterocycles. The highest BCUT2D eigenvalue weighted by Gasteiger charge is 2.06. The summed E-state index contributed by atoms with van der Waals surface area (Å²) < 4.78 is 0. The zero-order valence-corrected chi connectivity index (χ0v) is 9.50. The van der Waals surface area contributed by atoms with Crippen LogP contribution in [0.5, 0.6) is 0 Å². The summed E-state index contributed by atoms with van der Waals surface area (Å²) in [5.41, 5.74) is 0.718. The first-order valence-corrected chi connectivity index (χ1v) is 5.09. The number of aliphatic carboxylic acids is 1. The second kappa shape index (κ2) is 6.28. The molecule has 0 unspecified atom stereocenters. The van der Waals surface area contributed by atoms with Gasteiger partial charge in [-0.15, -0.1) is 0 Å². The van der Waals surface area contributed by atoms with Crippen LogP contribution in [0.4, 0.5) is 5.82 Å². The van der Waals surface area contributed by atoms with Gasteiger partial charge in [-0.3, -0.25) is 0 Å². The lowest BCUT2D eigenvalue weighted by Crippen LogP contribution is -2.20. The molecule has 5 heteroatoms. The Morgan fingerprint density at radius 1 is 1.71 bits per heavy atom. The van der Waals surface area contributed by atoms with Gasteiger partial charge in [0.25, 0.3) is 0 Å². The first-order valence-electron chi connectivity index (χ1n) is 5.09. The molecular formula is C12H13N3O2. The molecule has 0 spiro atoms. The average molecular weight is 231 g/mol. The van der Waals surface area contributed by atoms with Gasteiger partial charge < -0.3 is 10.0 Å². The number of pyridine rings is 1. The fourth-order valence-electron chi connectivity index (χ4n) is 1.34. The van der Waals surface area contributed by atoms with Crippen LogP contribution in [0, 0.1) is 11.3 Å². The standard InChI is InChI=1S/C12H13N3O2/c1-15(9-3-7-13)12-10(4-2-8-14-12)5-6-11(16)17/h2,4-6,8H,3,9H2,1H3,(H,16,17)/b6-5+. The number of rotatable bonds is 5. The van der Waals surface area contributed by atoms with E-state index in [-0.39, 0.29) is 0 Å². The maximum atomic E-state index is 10.5. The molecule has 0 aliphatic carbocycles. The molecule has 0 saturated heterocycles. The lowest BCUT2D eigenvalue weighted by atomic mass is 10.2. The van der Waals surface area contributed by atoms with E-state index in [1.807, 2.05) is 11.9 Å². The third-order valence-electron chi connectivity index (χ3n) is 2.14. The minimum atomic E-state index is -1.00. The van der Waals surface area contributed by atoms with Gasteiger partial charge in [-0.1, -0.05) is 0 Å². The molecule has 1 aromatic rings. The van der Waals surface area contributed by atoms with Gasteiger partial charge in [0.2, 0.25) is 0 Å². The fourth-order valence-corrected chi connectivity index (χ4v) is 1.34. The van der Waals surface area contributed by atoms with Gasteiger partial charge in [0.05, 0.1) is 12.5 Å².